The summed E-state index contributed by atoms with van der Waals surface area (Å²) in [6.07, 6.45) is 4.09. The van der Waals surface area contributed by atoms with Crippen LogP contribution in [0.5, 0.6) is 0 Å². The van der Waals surface area contributed by atoms with Crippen LogP contribution in [0.2, 0.25) is 0 Å². The van der Waals surface area contributed by atoms with Crippen LogP contribution < -0.4 is 5.32 Å². The number of ether oxygens (including phenoxy) is 1. The van der Waals surface area contributed by atoms with Gasteiger partial charge in [-0.3, -0.25) is 0 Å². The molecular weight excluding hydrogens is 214 g/mol. The maximum atomic E-state index is 9.92. The van der Waals surface area contributed by atoms with Gasteiger partial charge < -0.3 is 15.2 Å². The predicted octanol–water partition coefficient (Wildman–Crippen LogP) is 2.55. The van der Waals surface area contributed by atoms with E-state index in [0.717, 1.165) is 30.5 Å². The fraction of sp³-hybridized carbons (Fsp3) is 0.571. The smallest absolute Gasteiger partial charge is 0.0741 e. The molecule has 3 heteroatoms. The summed E-state index contributed by atoms with van der Waals surface area (Å²) in [5.41, 5.74) is 2.23. The van der Waals surface area contributed by atoms with Crippen LogP contribution in [-0.4, -0.2) is 24.4 Å². The van der Waals surface area contributed by atoms with Crippen LogP contribution in [0.3, 0.4) is 0 Å². The SMILES string of the molecule is COCc1cccc(N[C@H]2CCCC[C@@H]2O)c1. The highest BCUT2D eigenvalue weighted by Crippen LogP contribution is 2.22. The largest absolute Gasteiger partial charge is 0.391 e. The van der Waals surface area contributed by atoms with Crippen LogP contribution in [0.15, 0.2) is 24.3 Å². The summed E-state index contributed by atoms with van der Waals surface area (Å²) in [7, 11) is 1.70. The molecular formula is C14H21NO2. The van der Waals surface area contributed by atoms with E-state index in [4.69, 9.17) is 4.74 Å². The zero-order valence-corrected chi connectivity index (χ0v) is 10.4. The van der Waals surface area contributed by atoms with E-state index in [9.17, 15) is 5.11 Å². The molecule has 1 saturated carbocycles. The molecule has 1 aliphatic carbocycles. The summed E-state index contributed by atoms with van der Waals surface area (Å²) in [6.45, 7) is 0.628. The van der Waals surface area contributed by atoms with Crippen molar-refractivity contribution in [2.45, 2.75) is 44.4 Å². The number of aliphatic hydroxyl groups excluding tert-OH is 1. The molecule has 0 heterocycles. The Kier molecular flexibility index (Phi) is 4.40. The molecule has 2 atom stereocenters. The highest BCUT2D eigenvalue weighted by molar-refractivity contribution is 5.46. The Morgan fingerprint density at radius 2 is 2.18 bits per heavy atom. The summed E-state index contributed by atoms with van der Waals surface area (Å²) in [4.78, 5) is 0. The lowest BCUT2D eigenvalue weighted by molar-refractivity contribution is 0.116. The summed E-state index contributed by atoms with van der Waals surface area (Å²) in [5, 5.41) is 13.3. The van der Waals surface area contributed by atoms with Crippen LogP contribution in [0.25, 0.3) is 0 Å². The average molecular weight is 235 g/mol. The van der Waals surface area contributed by atoms with Crippen molar-refractivity contribution >= 4 is 5.69 Å². The molecule has 1 aliphatic rings. The van der Waals surface area contributed by atoms with Crippen LogP contribution in [0.4, 0.5) is 5.69 Å². The van der Waals surface area contributed by atoms with E-state index >= 15 is 0 Å². The lowest BCUT2D eigenvalue weighted by Gasteiger charge is -2.29. The predicted molar refractivity (Wildman–Crippen MR) is 69.0 cm³/mol. The topological polar surface area (TPSA) is 41.5 Å². The molecule has 0 saturated heterocycles. The number of aliphatic hydroxyl groups is 1. The van der Waals surface area contributed by atoms with Crippen LogP contribution >= 0.6 is 0 Å². The Balaban J connectivity index is 1.99. The average Bonchev–Trinajstić information content (AvgIpc) is 2.33. The van der Waals surface area contributed by atoms with Crippen molar-refractivity contribution in [1.29, 1.82) is 0 Å². The van der Waals surface area contributed by atoms with Gasteiger partial charge in [-0.2, -0.15) is 0 Å². The Bertz CT molecular complexity index is 354. The van der Waals surface area contributed by atoms with Crippen molar-refractivity contribution < 1.29 is 9.84 Å². The molecule has 0 unspecified atom stereocenters. The first kappa shape index (κ1) is 12.4. The van der Waals surface area contributed by atoms with Gasteiger partial charge in [0.1, 0.15) is 0 Å². The molecule has 0 aliphatic heterocycles. The van der Waals surface area contributed by atoms with E-state index in [2.05, 4.69) is 11.4 Å². The van der Waals surface area contributed by atoms with Gasteiger partial charge in [-0.1, -0.05) is 25.0 Å². The first-order valence-electron chi connectivity index (χ1n) is 6.32. The number of hydrogen-bond donors (Lipinski definition) is 2. The van der Waals surface area contributed by atoms with Gasteiger partial charge in [0, 0.05) is 12.8 Å². The van der Waals surface area contributed by atoms with E-state index < -0.39 is 0 Å². The van der Waals surface area contributed by atoms with Crippen molar-refractivity contribution in [3.63, 3.8) is 0 Å². The van der Waals surface area contributed by atoms with E-state index in [0.29, 0.717) is 6.61 Å². The Morgan fingerprint density at radius 1 is 1.35 bits per heavy atom. The zero-order chi connectivity index (χ0) is 12.1. The number of anilines is 1. The quantitative estimate of drug-likeness (QED) is 0.842. The molecule has 1 fully saturated rings. The molecule has 1 aromatic rings. The molecule has 17 heavy (non-hydrogen) atoms. The van der Waals surface area contributed by atoms with Crippen LogP contribution in [0, 0.1) is 0 Å². The molecule has 0 bridgehead atoms. The zero-order valence-electron chi connectivity index (χ0n) is 10.4. The van der Waals surface area contributed by atoms with Gasteiger partial charge in [0.25, 0.3) is 0 Å². The summed E-state index contributed by atoms with van der Waals surface area (Å²) in [6, 6.07) is 8.39. The highest BCUT2D eigenvalue weighted by atomic mass is 16.5. The monoisotopic (exact) mass is 235 g/mol. The number of benzene rings is 1. The maximum absolute atomic E-state index is 9.92. The van der Waals surface area contributed by atoms with Crippen molar-refractivity contribution in [1.82, 2.24) is 0 Å². The Hall–Kier alpha value is -1.06. The molecule has 1 aromatic carbocycles. The number of rotatable bonds is 4. The second-order valence-electron chi connectivity index (χ2n) is 4.74. The minimum absolute atomic E-state index is 0.196. The lowest BCUT2D eigenvalue weighted by atomic mass is 9.92. The molecule has 3 nitrogen and oxygen atoms in total. The second-order valence-corrected chi connectivity index (χ2v) is 4.74. The van der Waals surface area contributed by atoms with Crippen LogP contribution in [0.1, 0.15) is 31.2 Å². The lowest BCUT2D eigenvalue weighted by Crippen LogP contribution is -2.36. The second kappa shape index (κ2) is 6.03. The maximum Gasteiger partial charge on any atom is 0.0741 e. The summed E-state index contributed by atoms with van der Waals surface area (Å²) in [5.74, 6) is 0. The first-order valence-corrected chi connectivity index (χ1v) is 6.32. The van der Waals surface area contributed by atoms with Gasteiger partial charge in [-0.15, -0.1) is 0 Å². The van der Waals surface area contributed by atoms with Crippen molar-refractivity contribution in [3.05, 3.63) is 29.8 Å². The molecule has 0 amide bonds. The van der Waals surface area contributed by atoms with Crippen molar-refractivity contribution in [2.75, 3.05) is 12.4 Å². The Labute approximate surface area is 103 Å². The minimum atomic E-state index is -0.213. The highest BCUT2D eigenvalue weighted by Gasteiger charge is 2.22. The molecule has 2 rings (SSSR count). The van der Waals surface area contributed by atoms with E-state index in [1.807, 2.05) is 18.2 Å². The van der Waals surface area contributed by atoms with Crippen LogP contribution in [-0.2, 0) is 11.3 Å². The third-order valence-corrected chi connectivity index (χ3v) is 3.32. The summed E-state index contributed by atoms with van der Waals surface area (Å²) < 4.78 is 5.12. The number of nitrogens with one attached hydrogen (secondary N) is 1. The fourth-order valence-corrected chi connectivity index (χ4v) is 2.41. The molecule has 0 spiro atoms. The Morgan fingerprint density at radius 3 is 2.94 bits per heavy atom. The third kappa shape index (κ3) is 3.45. The van der Waals surface area contributed by atoms with E-state index in [1.165, 1.54) is 6.42 Å². The summed E-state index contributed by atoms with van der Waals surface area (Å²) >= 11 is 0. The van der Waals surface area contributed by atoms with Crippen molar-refractivity contribution in [3.8, 4) is 0 Å². The molecule has 0 radical (unpaired) electrons. The van der Waals surface area contributed by atoms with Gasteiger partial charge in [-0.05, 0) is 30.5 Å². The van der Waals surface area contributed by atoms with E-state index in [1.54, 1.807) is 7.11 Å². The van der Waals surface area contributed by atoms with E-state index in [-0.39, 0.29) is 12.1 Å². The standard InChI is InChI=1S/C14H21NO2/c1-17-10-11-5-4-6-12(9-11)15-13-7-2-3-8-14(13)16/h4-6,9,13-16H,2-3,7-8,10H2,1H3/t13-,14-/m0/s1. The van der Waals surface area contributed by atoms with Gasteiger partial charge in [0.05, 0.1) is 18.8 Å². The van der Waals surface area contributed by atoms with Gasteiger partial charge in [0.15, 0.2) is 0 Å². The molecule has 0 aromatic heterocycles. The third-order valence-electron chi connectivity index (χ3n) is 3.32. The van der Waals surface area contributed by atoms with Crippen molar-refractivity contribution in [2.24, 2.45) is 0 Å². The molecule has 94 valence electrons. The molecule has 2 N–H and O–H groups in total. The number of methoxy groups -OCH3 is 1. The fourth-order valence-electron chi connectivity index (χ4n) is 2.41. The first-order chi connectivity index (χ1) is 8.29. The number of hydrogen-bond acceptors (Lipinski definition) is 3. The van der Waals surface area contributed by atoms with Gasteiger partial charge >= 0.3 is 0 Å². The normalized spacial score (nSPS) is 24.6. The van der Waals surface area contributed by atoms with Gasteiger partial charge in [0.2, 0.25) is 0 Å². The van der Waals surface area contributed by atoms with Gasteiger partial charge in [-0.25, -0.2) is 0 Å². The minimum Gasteiger partial charge on any atom is -0.391 e.